The van der Waals surface area contributed by atoms with Crippen molar-refractivity contribution in [3.05, 3.63) is 42.3 Å². The zero-order valence-electron chi connectivity index (χ0n) is 13.6. The van der Waals surface area contributed by atoms with Crippen LogP contribution >= 0.6 is 11.8 Å². The van der Waals surface area contributed by atoms with Gasteiger partial charge in [0.2, 0.25) is 11.8 Å². The summed E-state index contributed by atoms with van der Waals surface area (Å²) in [6, 6.07) is 10.0. The molecule has 3 rings (SSSR count). The number of hydrogen-bond donors (Lipinski definition) is 2. The highest BCUT2D eigenvalue weighted by atomic mass is 32.2. The van der Waals surface area contributed by atoms with Crippen molar-refractivity contribution in [2.24, 2.45) is 11.7 Å². The fourth-order valence-corrected chi connectivity index (χ4v) is 3.80. The molecular weight excluding hydrogens is 322 g/mol. The van der Waals surface area contributed by atoms with Gasteiger partial charge in [0.1, 0.15) is 6.26 Å². The minimum atomic E-state index is 0.0807. The summed E-state index contributed by atoms with van der Waals surface area (Å²) >= 11 is 1.55. The van der Waals surface area contributed by atoms with E-state index in [1.807, 2.05) is 30.3 Å². The summed E-state index contributed by atoms with van der Waals surface area (Å²) in [5.41, 5.74) is 7.56. The van der Waals surface area contributed by atoms with Crippen LogP contribution in [-0.2, 0) is 10.5 Å². The fourth-order valence-electron chi connectivity index (χ4n) is 3.09. The topological polar surface area (TPSA) is 81.1 Å². The van der Waals surface area contributed by atoms with Gasteiger partial charge in [-0.25, -0.2) is 4.98 Å². The van der Waals surface area contributed by atoms with E-state index in [0.29, 0.717) is 29.9 Å². The first-order chi connectivity index (χ1) is 11.8. The number of amides is 1. The number of oxazole rings is 1. The lowest BCUT2D eigenvalue weighted by atomic mass is 10.0. The van der Waals surface area contributed by atoms with Crippen LogP contribution in [0.1, 0.15) is 25.0 Å². The van der Waals surface area contributed by atoms with E-state index in [-0.39, 0.29) is 11.9 Å². The van der Waals surface area contributed by atoms with E-state index in [9.17, 15) is 4.79 Å². The Balaban J connectivity index is 1.43. The second-order valence-electron chi connectivity index (χ2n) is 6.10. The maximum atomic E-state index is 12.1. The van der Waals surface area contributed by atoms with Crippen LogP contribution < -0.4 is 11.1 Å². The van der Waals surface area contributed by atoms with E-state index in [1.165, 1.54) is 0 Å². The van der Waals surface area contributed by atoms with Gasteiger partial charge in [-0.2, -0.15) is 0 Å². The number of carbonyl (C=O) groups is 1. The summed E-state index contributed by atoms with van der Waals surface area (Å²) in [5, 5.41) is 3.11. The fraction of sp³-hybridized carbons (Fsp3) is 0.444. The molecular formula is C18H23N3O2S. The third kappa shape index (κ3) is 4.39. The molecule has 1 amide bonds. The van der Waals surface area contributed by atoms with Crippen molar-refractivity contribution in [3.8, 4) is 11.5 Å². The highest BCUT2D eigenvalue weighted by Gasteiger charge is 2.27. The molecule has 0 saturated heterocycles. The van der Waals surface area contributed by atoms with Gasteiger partial charge >= 0.3 is 0 Å². The number of nitrogens with one attached hydrogen (secondary N) is 1. The van der Waals surface area contributed by atoms with Crippen molar-refractivity contribution in [1.82, 2.24) is 10.3 Å². The van der Waals surface area contributed by atoms with Gasteiger partial charge in [0.05, 0.1) is 11.4 Å². The average Bonchev–Trinajstić information content (AvgIpc) is 3.25. The van der Waals surface area contributed by atoms with Crippen LogP contribution in [0.15, 0.2) is 41.0 Å². The van der Waals surface area contributed by atoms with Crippen molar-refractivity contribution in [1.29, 1.82) is 0 Å². The molecule has 0 bridgehead atoms. The summed E-state index contributed by atoms with van der Waals surface area (Å²) in [7, 11) is 0. The summed E-state index contributed by atoms with van der Waals surface area (Å²) in [6.07, 6.45) is 4.98. The van der Waals surface area contributed by atoms with Crippen molar-refractivity contribution >= 4 is 17.7 Å². The number of benzene rings is 1. The largest absolute Gasteiger partial charge is 0.444 e. The second kappa shape index (κ2) is 8.35. The smallest absolute Gasteiger partial charge is 0.230 e. The first-order valence-corrected chi connectivity index (χ1v) is 9.48. The lowest BCUT2D eigenvalue weighted by Crippen LogP contribution is -2.40. The predicted molar refractivity (Wildman–Crippen MR) is 96.4 cm³/mol. The Bertz CT molecular complexity index is 659. The molecule has 0 spiro atoms. The molecule has 1 aliphatic rings. The zero-order valence-corrected chi connectivity index (χ0v) is 14.4. The Morgan fingerprint density at radius 1 is 1.33 bits per heavy atom. The van der Waals surface area contributed by atoms with Gasteiger partial charge in [0, 0.05) is 17.4 Å². The first-order valence-electron chi connectivity index (χ1n) is 8.33. The third-order valence-corrected chi connectivity index (χ3v) is 5.33. The number of carbonyl (C=O) groups excluding carboxylic acids is 1. The van der Waals surface area contributed by atoms with Crippen molar-refractivity contribution < 1.29 is 9.21 Å². The molecule has 2 unspecified atom stereocenters. The summed E-state index contributed by atoms with van der Waals surface area (Å²) in [5.74, 6) is 2.23. The predicted octanol–water partition coefficient (Wildman–Crippen LogP) is 2.82. The zero-order chi connectivity index (χ0) is 16.8. The lowest BCUT2D eigenvalue weighted by Gasteiger charge is -2.19. The third-order valence-electron chi connectivity index (χ3n) is 4.36. The Morgan fingerprint density at radius 3 is 2.96 bits per heavy atom. The van der Waals surface area contributed by atoms with E-state index in [4.69, 9.17) is 10.2 Å². The summed E-state index contributed by atoms with van der Waals surface area (Å²) in [6.45, 7) is 0.652. The molecule has 2 atom stereocenters. The molecule has 1 fully saturated rings. The molecule has 1 aromatic carbocycles. The highest BCUT2D eigenvalue weighted by Crippen LogP contribution is 2.25. The average molecular weight is 345 g/mol. The summed E-state index contributed by atoms with van der Waals surface area (Å²) in [4.78, 5) is 16.5. The van der Waals surface area contributed by atoms with E-state index in [2.05, 4.69) is 10.3 Å². The molecule has 2 aromatic rings. The van der Waals surface area contributed by atoms with Crippen LogP contribution in [-0.4, -0.2) is 29.2 Å². The number of thioether (sulfide) groups is 1. The van der Waals surface area contributed by atoms with Crippen molar-refractivity contribution in [2.75, 3.05) is 12.3 Å². The number of nitrogens with two attached hydrogens (primary N) is 1. The van der Waals surface area contributed by atoms with Crippen molar-refractivity contribution in [2.45, 2.75) is 31.1 Å². The minimum Gasteiger partial charge on any atom is -0.444 e. The molecule has 1 aromatic heterocycles. The normalized spacial score (nSPS) is 20.2. The quantitative estimate of drug-likeness (QED) is 0.806. The number of hydrogen-bond acceptors (Lipinski definition) is 5. The maximum Gasteiger partial charge on any atom is 0.230 e. The van der Waals surface area contributed by atoms with Crippen LogP contribution in [0, 0.1) is 5.92 Å². The molecule has 3 N–H and O–H groups in total. The van der Waals surface area contributed by atoms with E-state index in [1.54, 1.807) is 18.0 Å². The van der Waals surface area contributed by atoms with E-state index >= 15 is 0 Å². The molecule has 0 aliphatic heterocycles. The monoisotopic (exact) mass is 345 g/mol. The number of aromatic nitrogens is 1. The molecule has 6 heteroatoms. The minimum absolute atomic E-state index is 0.0807. The Morgan fingerprint density at radius 2 is 2.17 bits per heavy atom. The molecule has 1 saturated carbocycles. The van der Waals surface area contributed by atoms with Crippen LogP contribution in [0.2, 0.25) is 0 Å². The molecule has 0 radical (unpaired) electrons. The van der Waals surface area contributed by atoms with Gasteiger partial charge in [-0.05, 0) is 37.4 Å². The molecule has 24 heavy (non-hydrogen) atoms. The number of nitrogens with zero attached hydrogens (tertiary/aromatic N) is 1. The van der Waals surface area contributed by atoms with Gasteiger partial charge in [-0.15, -0.1) is 11.8 Å². The van der Waals surface area contributed by atoms with Gasteiger partial charge in [0.15, 0.2) is 0 Å². The Labute approximate surface area is 146 Å². The first kappa shape index (κ1) is 17.0. The maximum absolute atomic E-state index is 12.1. The van der Waals surface area contributed by atoms with Crippen LogP contribution in [0.25, 0.3) is 11.5 Å². The van der Waals surface area contributed by atoms with E-state index in [0.717, 1.165) is 30.5 Å². The SMILES string of the molecule is NCC1CCCC1NC(=O)CSCc1coc(-c2ccccc2)n1. The lowest BCUT2D eigenvalue weighted by molar-refractivity contribution is -0.119. The van der Waals surface area contributed by atoms with Gasteiger partial charge in [-0.1, -0.05) is 24.6 Å². The Kier molecular flexibility index (Phi) is 5.93. The van der Waals surface area contributed by atoms with Gasteiger partial charge in [0.25, 0.3) is 0 Å². The van der Waals surface area contributed by atoms with Crippen LogP contribution in [0.3, 0.4) is 0 Å². The molecule has 128 valence electrons. The summed E-state index contributed by atoms with van der Waals surface area (Å²) < 4.78 is 5.51. The van der Waals surface area contributed by atoms with Crippen LogP contribution in [0.5, 0.6) is 0 Å². The van der Waals surface area contributed by atoms with Crippen LogP contribution in [0.4, 0.5) is 0 Å². The van der Waals surface area contributed by atoms with Gasteiger partial charge in [-0.3, -0.25) is 4.79 Å². The van der Waals surface area contributed by atoms with Gasteiger partial charge < -0.3 is 15.5 Å². The van der Waals surface area contributed by atoms with Crippen molar-refractivity contribution in [3.63, 3.8) is 0 Å². The molecule has 5 nitrogen and oxygen atoms in total. The Hall–Kier alpha value is -1.79. The second-order valence-corrected chi connectivity index (χ2v) is 7.09. The van der Waals surface area contributed by atoms with E-state index < -0.39 is 0 Å². The molecule has 1 aliphatic carbocycles. The molecule has 1 heterocycles. The standard InChI is InChI=1S/C18H23N3O2S/c19-9-14-7-4-8-16(14)21-17(22)12-24-11-15-10-23-18(20-15)13-5-2-1-3-6-13/h1-3,5-6,10,14,16H,4,7-9,11-12,19H2,(H,21,22). The highest BCUT2D eigenvalue weighted by molar-refractivity contribution is 7.99. The number of rotatable bonds is 7.